The standard InChI is InChI=1S/C11H12N2O/c1-3-8-5-9-4-7(2)6-12-10(9)13-11(8)14/h4-6H,3H2,1-2H3,(H,12,13,14). The molecule has 14 heavy (non-hydrogen) atoms. The minimum absolute atomic E-state index is 0.125. The van der Waals surface area contributed by atoms with Crippen LogP contribution in [0.25, 0.3) is 11.4 Å². The molecule has 0 radical (unpaired) electrons. The normalized spacial score (nSPS) is 10.7. The molecule has 3 nitrogen and oxygen atoms in total. The summed E-state index contributed by atoms with van der Waals surface area (Å²) < 4.78 is 0. The van der Waals surface area contributed by atoms with Gasteiger partial charge in [0.25, 0.3) is 5.56 Å². The molecule has 0 bridgehead atoms. The Morgan fingerprint density at radius 3 is 2.93 bits per heavy atom. The zero-order chi connectivity index (χ0) is 10.1. The summed E-state index contributed by atoms with van der Waals surface area (Å²) in [5, 5.41) is 0. The summed E-state index contributed by atoms with van der Waals surface area (Å²) in [5.41, 5.74) is 2.79. The predicted octanol–water partition coefficient (Wildman–Crippen LogP) is 1.75. The number of aromatic amines is 1. The summed E-state index contributed by atoms with van der Waals surface area (Å²) >= 11 is 0. The van der Waals surface area contributed by atoms with E-state index in [0.717, 1.165) is 23.1 Å². The van der Waals surface area contributed by atoms with Gasteiger partial charge in [-0.3, -0.25) is 4.79 Å². The molecule has 0 saturated carbocycles. The van der Waals surface area contributed by atoms with E-state index in [1.807, 2.05) is 32.2 Å². The number of nitrogens with zero attached hydrogens (tertiary/aromatic N) is 1. The first-order valence-electron chi connectivity index (χ1n) is 4.69. The van der Waals surface area contributed by atoms with E-state index in [2.05, 4.69) is 9.97 Å². The molecule has 2 aliphatic rings. The van der Waals surface area contributed by atoms with Crippen LogP contribution in [-0.4, -0.2) is 9.97 Å². The van der Waals surface area contributed by atoms with Crippen molar-refractivity contribution in [2.24, 2.45) is 0 Å². The average molecular weight is 188 g/mol. The summed E-state index contributed by atoms with van der Waals surface area (Å²) in [4.78, 5) is 18.4. The fourth-order valence-corrected chi connectivity index (χ4v) is 1.50. The molecule has 0 fully saturated rings. The molecular weight excluding hydrogens is 176 g/mol. The molecule has 1 N–H and O–H groups in total. The first kappa shape index (κ1) is 8.94. The van der Waals surface area contributed by atoms with E-state index in [-0.39, 0.29) is 5.56 Å². The highest BCUT2D eigenvalue weighted by atomic mass is 16.1. The Balaban J connectivity index is 2.75. The maximum Gasteiger partial charge on any atom is 0.274 e. The van der Waals surface area contributed by atoms with Crippen molar-refractivity contribution in [3.63, 3.8) is 0 Å². The number of H-pyrrole nitrogens is 1. The zero-order valence-corrected chi connectivity index (χ0v) is 8.29. The van der Waals surface area contributed by atoms with Crippen LogP contribution in [0.1, 0.15) is 18.1 Å². The smallest absolute Gasteiger partial charge is 0.274 e. The van der Waals surface area contributed by atoms with Crippen LogP contribution in [0.5, 0.6) is 0 Å². The molecule has 2 rings (SSSR count). The van der Waals surface area contributed by atoms with Crippen molar-refractivity contribution < 1.29 is 0 Å². The molecule has 3 heteroatoms. The molecular formula is C11H12N2O. The highest BCUT2D eigenvalue weighted by Crippen LogP contribution is 2.16. The first-order valence-corrected chi connectivity index (χ1v) is 4.69. The first-order chi connectivity index (χ1) is 6.70. The van der Waals surface area contributed by atoms with Gasteiger partial charge in [-0.2, -0.15) is 4.98 Å². The van der Waals surface area contributed by atoms with Gasteiger partial charge in [-0.25, -0.2) is 0 Å². The lowest BCUT2D eigenvalue weighted by Gasteiger charge is -2.06. The molecule has 2 heterocycles. The van der Waals surface area contributed by atoms with Crippen LogP contribution >= 0.6 is 0 Å². The van der Waals surface area contributed by atoms with E-state index in [1.165, 1.54) is 0 Å². The van der Waals surface area contributed by atoms with Crippen LogP contribution in [0.15, 0.2) is 23.1 Å². The number of fused-ring (bicyclic) bond motifs is 1. The number of pyridine rings is 2. The number of rotatable bonds is 1. The lowest BCUT2D eigenvalue weighted by molar-refractivity contribution is 1.03. The van der Waals surface area contributed by atoms with E-state index in [4.69, 9.17) is 0 Å². The Labute approximate surface area is 82.2 Å². The van der Waals surface area contributed by atoms with Crippen LogP contribution < -0.4 is 5.56 Å². The van der Waals surface area contributed by atoms with E-state index in [0.29, 0.717) is 5.82 Å². The van der Waals surface area contributed by atoms with Gasteiger partial charge < -0.3 is 4.98 Å². The number of hydrogen-bond acceptors (Lipinski definition) is 2. The van der Waals surface area contributed by atoms with Gasteiger partial charge in [-0.15, -0.1) is 0 Å². The third-order valence-corrected chi connectivity index (χ3v) is 2.29. The van der Waals surface area contributed by atoms with Gasteiger partial charge in [0.2, 0.25) is 0 Å². The molecule has 0 aromatic heterocycles. The van der Waals surface area contributed by atoms with Crippen molar-refractivity contribution in [2.75, 3.05) is 0 Å². The topological polar surface area (TPSA) is 45.8 Å². The van der Waals surface area contributed by atoms with Gasteiger partial charge in [0.1, 0.15) is 5.82 Å². The highest BCUT2D eigenvalue weighted by molar-refractivity contribution is 5.57. The van der Waals surface area contributed by atoms with Crippen LogP contribution in [0.3, 0.4) is 0 Å². The van der Waals surface area contributed by atoms with Crippen molar-refractivity contribution in [2.45, 2.75) is 20.3 Å². The summed E-state index contributed by atoms with van der Waals surface area (Å²) in [7, 11) is 0. The number of hydrogen-bond donors (Lipinski definition) is 1. The molecule has 72 valence electrons. The van der Waals surface area contributed by atoms with Gasteiger partial charge in [0.15, 0.2) is 0 Å². The predicted molar refractivity (Wildman–Crippen MR) is 55.6 cm³/mol. The summed E-state index contributed by atoms with van der Waals surface area (Å²) in [5.74, 6) is 0.665. The quantitative estimate of drug-likeness (QED) is 0.741. The molecule has 0 spiro atoms. The van der Waals surface area contributed by atoms with Gasteiger partial charge in [0.05, 0.1) is 0 Å². The number of nitrogens with one attached hydrogen (secondary N) is 1. The van der Waals surface area contributed by atoms with E-state index in [1.54, 1.807) is 0 Å². The van der Waals surface area contributed by atoms with Crippen molar-refractivity contribution in [1.29, 1.82) is 0 Å². The van der Waals surface area contributed by atoms with Gasteiger partial charge >= 0.3 is 0 Å². The van der Waals surface area contributed by atoms with Crippen molar-refractivity contribution >= 4 is 0 Å². The summed E-state index contributed by atoms with van der Waals surface area (Å²) in [6.07, 6.45) is 2.58. The Morgan fingerprint density at radius 1 is 1.43 bits per heavy atom. The van der Waals surface area contributed by atoms with E-state index >= 15 is 0 Å². The summed E-state index contributed by atoms with van der Waals surface area (Å²) in [6, 6.07) is 3.94. The van der Waals surface area contributed by atoms with Crippen LogP contribution in [0.4, 0.5) is 0 Å². The van der Waals surface area contributed by atoms with Crippen LogP contribution in [0.2, 0.25) is 0 Å². The van der Waals surface area contributed by atoms with Crippen LogP contribution in [0, 0.1) is 6.92 Å². The fraction of sp³-hybridized carbons (Fsp3) is 0.273. The Hall–Kier alpha value is -1.64. The molecule has 0 amide bonds. The van der Waals surface area contributed by atoms with Crippen molar-refractivity contribution in [1.82, 2.24) is 9.97 Å². The van der Waals surface area contributed by atoms with Crippen LogP contribution in [-0.2, 0) is 6.42 Å². The van der Waals surface area contributed by atoms with Gasteiger partial charge in [-0.1, -0.05) is 6.92 Å². The maximum absolute atomic E-state index is 11.4. The molecule has 0 aliphatic carbocycles. The maximum atomic E-state index is 11.4. The molecule has 0 atom stereocenters. The molecule has 0 aromatic rings. The number of aryl methyl sites for hydroxylation is 2. The summed E-state index contributed by atoms with van der Waals surface area (Å²) in [6.45, 7) is 3.97. The van der Waals surface area contributed by atoms with Gasteiger partial charge in [0, 0.05) is 17.3 Å². The zero-order valence-electron chi connectivity index (χ0n) is 8.29. The Kier molecular flexibility index (Phi) is 2.08. The Bertz CT molecular complexity index is 487. The third-order valence-electron chi connectivity index (χ3n) is 2.29. The second-order valence-corrected chi connectivity index (χ2v) is 3.42. The molecule has 0 saturated heterocycles. The molecule has 0 unspecified atom stereocenters. The second kappa shape index (κ2) is 3.25. The average Bonchev–Trinajstić information content (AvgIpc) is 2.17. The SMILES string of the molecule is CCc1cc2cc(C)c[nH]c-2nc1=O. The third kappa shape index (κ3) is 1.41. The van der Waals surface area contributed by atoms with Crippen molar-refractivity contribution in [3.8, 4) is 11.4 Å². The second-order valence-electron chi connectivity index (χ2n) is 3.42. The minimum Gasteiger partial charge on any atom is -0.346 e. The van der Waals surface area contributed by atoms with E-state index in [9.17, 15) is 4.79 Å². The largest absolute Gasteiger partial charge is 0.346 e. The Morgan fingerprint density at radius 2 is 2.21 bits per heavy atom. The highest BCUT2D eigenvalue weighted by Gasteiger charge is 2.07. The molecule has 2 aliphatic heterocycles. The fourth-order valence-electron chi connectivity index (χ4n) is 1.50. The molecule has 0 aromatic carbocycles. The lowest BCUT2D eigenvalue weighted by atomic mass is 10.1. The minimum atomic E-state index is -0.125. The monoisotopic (exact) mass is 188 g/mol. The van der Waals surface area contributed by atoms with E-state index < -0.39 is 0 Å². The lowest BCUT2D eigenvalue weighted by Crippen LogP contribution is -2.14. The number of aromatic nitrogens is 2. The van der Waals surface area contributed by atoms with Crippen molar-refractivity contribution in [3.05, 3.63) is 39.8 Å². The van der Waals surface area contributed by atoms with Gasteiger partial charge in [-0.05, 0) is 31.0 Å².